The summed E-state index contributed by atoms with van der Waals surface area (Å²) in [7, 11) is 0. The quantitative estimate of drug-likeness (QED) is 0.715. The molecule has 0 unspecified atom stereocenters. The molecule has 2 aromatic heterocycles. The molecule has 2 heterocycles. The van der Waals surface area contributed by atoms with Crippen LogP contribution < -0.4 is 10.6 Å². The average Bonchev–Trinajstić information content (AvgIpc) is 3.53. The van der Waals surface area contributed by atoms with Crippen LogP contribution in [0.4, 0.5) is 10.1 Å². The molecule has 1 fully saturated rings. The lowest BCUT2D eigenvalue weighted by molar-refractivity contribution is 0.0946. The number of nitrogens with zero attached hydrogens (tertiary/aromatic N) is 2. The first kappa shape index (κ1) is 17.8. The van der Waals surface area contributed by atoms with Crippen molar-refractivity contribution in [2.45, 2.75) is 18.9 Å². The van der Waals surface area contributed by atoms with Crippen molar-refractivity contribution in [1.82, 2.24) is 15.3 Å². The number of nitrogens with one attached hydrogen (secondary N) is 2. The van der Waals surface area contributed by atoms with E-state index in [1.165, 1.54) is 36.8 Å². The Labute approximate surface area is 160 Å². The van der Waals surface area contributed by atoms with E-state index < -0.39 is 11.7 Å². The fourth-order valence-electron chi connectivity index (χ4n) is 2.79. The van der Waals surface area contributed by atoms with E-state index in [0.29, 0.717) is 16.8 Å². The van der Waals surface area contributed by atoms with E-state index in [1.54, 1.807) is 24.3 Å². The van der Waals surface area contributed by atoms with Crippen molar-refractivity contribution in [3.63, 3.8) is 0 Å². The summed E-state index contributed by atoms with van der Waals surface area (Å²) in [6.45, 7) is 0. The van der Waals surface area contributed by atoms with Crippen molar-refractivity contribution in [2.24, 2.45) is 0 Å². The Balaban J connectivity index is 1.58. The number of pyridine rings is 2. The Hall–Kier alpha value is -3.61. The predicted octanol–water partition coefficient (Wildman–Crippen LogP) is 3.43. The highest BCUT2D eigenvalue weighted by Crippen LogP contribution is 2.29. The molecule has 0 atom stereocenters. The zero-order valence-corrected chi connectivity index (χ0v) is 14.9. The van der Waals surface area contributed by atoms with Crippen molar-refractivity contribution in [3.05, 3.63) is 78.1 Å². The smallest absolute Gasteiger partial charge is 0.270 e. The third-order valence-corrected chi connectivity index (χ3v) is 4.40. The van der Waals surface area contributed by atoms with Gasteiger partial charge in [-0.3, -0.25) is 19.6 Å². The maximum atomic E-state index is 14.2. The molecule has 0 bridgehead atoms. The van der Waals surface area contributed by atoms with Crippen LogP contribution in [0, 0.1) is 5.82 Å². The number of halogens is 1. The van der Waals surface area contributed by atoms with Crippen LogP contribution in [0.2, 0.25) is 0 Å². The van der Waals surface area contributed by atoms with Crippen LogP contribution in [0.25, 0.3) is 11.1 Å². The third kappa shape index (κ3) is 3.88. The lowest BCUT2D eigenvalue weighted by atomic mass is 10.0. The maximum absolute atomic E-state index is 14.2. The predicted molar refractivity (Wildman–Crippen MR) is 102 cm³/mol. The van der Waals surface area contributed by atoms with Crippen LogP contribution >= 0.6 is 0 Å². The summed E-state index contributed by atoms with van der Waals surface area (Å²) in [6.07, 6.45) is 6.33. The van der Waals surface area contributed by atoms with Gasteiger partial charge in [0.15, 0.2) is 0 Å². The second-order valence-corrected chi connectivity index (χ2v) is 6.53. The first-order chi connectivity index (χ1) is 13.6. The highest BCUT2D eigenvalue weighted by atomic mass is 19.1. The molecule has 0 aliphatic heterocycles. The molecule has 6 nitrogen and oxygen atoms in total. The first-order valence-corrected chi connectivity index (χ1v) is 8.89. The molecule has 28 heavy (non-hydrogen) atoms. The summed E-state index contributed by atoms with van der Waals surface area (Å²) in [4.78, 5) is 32.9. The van der Waals surface area contributed by atoms with Crippen LogP contribution in [0.1, 0.15) is 33.7 Å². The summed E-state index contributed by atoms with van der Waals surface area (Å²) in [5.74, 6) is -1.13. The number of carbonyl (C=O) groups is 2. The zero-order chi connectivity index (χ0) is 19.5. The van der Waals surface area contributed by atoms with Gasteiger partial charge >= 0.3 is 0 Å². The Morgan fingerprint density at radius 2 is 1.82 bits per heavy atom. The molecule has 1 saturated carbocycles. The van der Waals surface area contributed by atoms with Crippen LogP contribution in [0.5, 0.6) is 0 Å². The summed E-state index contributed by atoms with van der Waals surface area (Å²) in [5, 5.41) is 5.58. The Morgan fingerprint density at radius 1 is 1.00 bits per heavy atom. The van der Waals surface area contributed by atoms with Gasteiger partial charge in [-0.1, -0.05) is 18.2 Å². The van der Waals surface area contributed by atoms with Gasteiger partial charge in [0.1, 0.15) is 11.5 Å². The number of rotatable bonds is 5. The third-order valence-electron chi connectivity index (χ3n) is 4.40. The van der Waals surface area contributed by atoms with Gasteiger partial charge in [-0.2, -0.15) is 0 Å². The number of anilines is 1. The van der Waals surface area contributed by atoms with Gasteiger partial charge in [0.05, 0.1) is 11.9 Å². The molecule has 4 rings (SSSR count). The number of carbonyl (C=O) groups excluding carboxylic acids is 2. The summed E-state index contributed by atoms with van der Waals surface area (Å²) in [5.41, 5.74) is 1.71. The van der Waals surface area contributed by atoms with Gasteiger partial charge in [0, 0.05) is 35.1 Å². The van der Waals surface area contributed by atoms with E-state index in [1.807, 2.05) is 0 Å². The van der Waals surface area contributed by atoms with E-state index in [9.17, 15) is 14.0 Å². The fraction of sp³-hybridized carbons (Fsp3) is 0.143. The molecule has 2 amide bonds. The molecule has 1 aliphatic carbocycles. The van der Waals surface area contributed by atoms with Gasteiger partial charge < -0.3 is 10.6 Å². The van der Waals surface area contributed by atoms with Crippen molar-refractivity contribution >= 4 is 17.5 Å². The molecule has 1 aromatic carbocycles. The Bertz CT molecular complexity index is 1050. The standard InChI is InChI=1S/C21H17FN4O2/c22-17-4-2-1-3-15(17)16-8-9-23-12-19(16)26-20(27)13-7-10-24-18(11-13)21(28)25-14-5-6-14/h1-4,7-12,14H,5-6H2,(H,25,28)(H,26,27). The molecule has 7 heteroatoms. The molecule has 1 aliphatic rings. The second kappa shape index (κ2) is 7.56. The van der Waals surface area contributed by atoms with Gasteiger partial charge in [-0.15, -0.1) is 0 Å². The lowest BCUT2D eigenvalue weighted by Crippen LogP contribution is -2.26. The zero-order valence-electron chi connectivity index (χ0n) is 14.9. The van der Waals surface area contributed by atoms with E-state index in [0.717, 1.165) is 12.8 Å². The average molecular weight is 376 g/mol. The van der Waals surface area contributed by atoms with Crippen molar-refractivity contribution < 1.29 is 14.0 Å². The molecule has 0 saturated heterocycles. The summed E-state index contributed by atoms with van der Waals surface area (Å²) in [6, 6.07) is 11.1. The number of hydrogen-bond acceptors (Lipinski definition) is 4. The molecule has 140 valence electrons. The van der Waals surface area contributed by atoms with Crippen molar-refractivity contribution in [1.29, 1.82) is 0 Å². The van der Waals surface area contributed by atoms with E-state index >= 15 is 0 Å². The minimum Gasteiger partial charge on any atom is -0.348 e. The highest BCUT2D eigenvalue weighted by Gasteiger charge is 2.24. The topological polar surface area (TPSA) is 84.0 Å². The van der Waals surface area contributed by atoms with E-state index in [-0.39, 0.29) is 23.2 Å². The molecule has 0 radical (unpaired) electrons. The summed E-state index contributed by atoms with van der Waals surface area (Å²) < 4.78 is 14.2. The maximum Gasteiger partial charge on any atom is 0.270 e. The monoisotopic (exact) mass is 376 g/mol. The van der Waals surface area contributed by atoms with Crippen LogP contribution in [-0.4, -0.2) is 27.8 Å². The number of amides is 2. The number of aromatic nitrogens is 2. The normalized spacial score (nSPS) is 13.0. The SMILES string of the molecule is O=C(Nc1cnccc1-c1ccccc1F)c1ccnc(C(=O)NC2CC2)c1. The van der Waals surface area contributed by atoms with Gasteiger partial charge in [-0.05, 0) is 37.1 Å². The van der Waals surface area contributed by atoms with E-state index in [4.69, 9.17) is 0 Å². The van der Waals surface area contributed by atoms with Crippen molar-refractivity contribution in [2.75, 3.05) is 5.32 Å². The van der Waals surface area contributed by atoms with Gasteiger partial charge in [-0.25, -0.2) is 4.39 Å². The molecule has 2 N–H and O–H groups in total. The Kier molecular flexibility index (Phi) is 4.80. The molecule has 3 aromatic rings. The van der Waals surface area contributed by atoms with Gasteiger partial charge in [0.2, 0.25) is 0 Å². The van der Waals surface area contributed by atoms with Crippen LogP contribution in [0.3, 0.4) is 0 Å². The second-order valence-electron chi connectivity index (χ2n) is 6.53. The molecular formula is C21H17FN4O2. The molecule has 0 spiro atoms. The van der Waals surface area contributed by atoms with Crippen LogP contribution in [0.15, 0.2) is 61.1 Å². The molecular weight excluding hydrogens is 359 g/mol. The fourth-order valence-corrected chi connectivity index (χ4v) is 2.79. The van der Waals surface area contributed by atoms with E-state index in [2.05, 4.69) is 20.6 Å². The largest absolute Gasteiger partial charge is 0.348 e. The number of benzene rings is 1. The van der Waals surface area contributed by atoms with Crippen molar-refractivity contribution in [3.8, 4) is 11.1 Å². The lowest BCUT2D eigenvalue weighted by Gasteiger charge is -2.12. The highest BCUT2D eigenvalue weighted by molar-refractivity contribution is 6.07. The minimum atomic E-state index is -0.437. The Morgan fingerprint density at radius 3 is 2.61 bits per heavy atom. The van der Waals surface area contributed by atoms with Crippen LogP contribution in [-0.2, 0) is 0 Å². The first-order valence-electron chi connectivity index (χ1n) is 8.89. The van der Waals surface area contributed by atoms with Gasteiger partial charge in [0.25, 0.3) is 11.8 Å². The minimum absolute atomic E-state index is 0.181. The summed E-state index contributed by atoms with van der Waals surface area (Å²) >= 11 is 0. The number of hydrogen-bond donors (Lipinski definition) is 2.